The molecule has 1 aliphatic heterocycles. The summed E-state index contributed by atoms with van der Waals surface area (Å²) in [5.41, 5.74) is 2.39. The third-order valence-corrected chi connectivity index (χ3v) is 4.62. The van der Waals surface area contributed by atoms with Crippen LogP contribution in [0.3, 0.4) is 0 Å². The van der Waals surface area contributed by atoms with Gasteiger partial charge in [0.05, 0.1) is 19.2 Å². The van der Waals surface area contributed by atoms with Gasteiger partial charge in [0.2, 0.25) is 5.91 Å². The zero-order chi connectivity index (χ0) is 19.6. The monoisotopic (exact) mass is 375 g/mol. The van der Waals surface area contributed by atoms with E-state index in [4.69, 9.17) is 0 Å². The maximum absolute atomic E-state index is 11.8. The number of aliphatic hydroxyl groups is 1. The summed E-state index contributed by atoms with van der Waals surface area (Å²) in [7, 11) is 3.48. The minimum absolute atomic E-state index is 0.00832. The van der Waals surface area contributed by atoms with Crippen molar-refractivity contribution in [1.82, 2.24) is 20.4 Å². The number of hydrogen-bond donors (Lipinski definition) is 3. The van der Waals surface area contributed by atoms with E-state index in [1.807, 2.05) is 12.1 Å². The molecule has 7 heteroatoms. The van der Waals surface area contributed by atoms with Crippen LogP contribution in [0.2, 0.25) is 0 Å². The number of benzene rings is 1. The van der Waals surface area contributed by atoms with Crippen molar-refractivity contribution in [3.8, 4) is 0 Å². The van der Waals surface area contributed by atoms with E-state index in [0.29, 0.717) is 12.5 Å². The summed E-state index contributed by atoms with van der Waals surface area (Å²) in [5.74, 6) is 0.660. The number of guanidine groups is 1. The van der Waals surface area contributed by atoms with Gasteiger partial charge in [-0.3, -0.25) is 9.69 Å². The number of amides is 1. The van der Waals surface area contributed by atoms with Crippen LogP contribution in [0.4, 0.5) is 0 Å². The van der Waals surface area contributed by atoms with E-state index in [-0.39, 0.29) is 18.6 Å². The number of aliphatic imine (C=N–C) groups is 1. The molecule has 1 fully saturated rings. The second kappa shape index (κ2) is 10.9. The van der Waals surface area contributed by atoms with E-state index in [1.165, 1.54) is 5.56 Å². The van der Waals surface area contributed by atoms with Crippen LogP contribution >= 0.6 is 0 Å². The number of likely N-dealkylation sites (tertiary alicyclic amines) is 1. The van der Waals surface area contributed by atoms with Crippen molar-refractivity contribution in [3.05, 3.63) is 35.4 Å². The van der Waals surface area contributed by atoms with Gasteiger partial charge in [0.1, 0.15) is 0 Å². The summed E-state index contributed by atoms with van der Waals surface area (Å²) < 4.78 is 0. The molecule has 0 aliphatic carbocycles. The molecule has 0 radical (unpaired) electrons. The fraction of sp³-hybridized carbons (Fsp3) is 0.600. The number of β-amino-alcohol motifs (C(OH)–C–C–N with tert-alkyl or cyclic N) is 1. The van der Waals surface area contributed by atoms with Crippen molar-refractivity contribution in [2.75, 3.05) is 40.3 Å². The number of hydrogen-bond acceptors (Lipinski definition) is 4. The Kier molecular flexibility index (Phi) is 8.54. The Hall–Kier alpha value is -2.12. The Morgan fingerprint density at radius 1 is 1.30 bits per heavy atom. The fourth-order valence-electron chi connectivity index (χ4n) is 2.96. The van der Waals surface area contributed by atoms with E-state index >= 15 is 0 Å². The number of rotatable bonds is 8. The van der Waals surface area contributed by atoms with Crippen LogP contribution in [0, 0.1) is 0 Å². The van der Waals surface area contributed by atoms with Crippen molar-refractivity contribution >= 4 is 11.9 Å². The van der Waals surface area contributed by atoms with Gasteiger partial charge in [-0.15, -0.1) is 0 Å². The quantitative estimate of drug-likeness (QED) is 0.462. The second-order valence-corrected chi connectivity index (χ2v) is 7.18. The van der Waals surface area contributed by atoms with Crippen molar-refractivity contribution < 1.29 is 9.90 Å². The average Bonchev–Trinajstić information content (AvgIpc) is 3.06. The average molecular weight is 376 g/mol. The maximum atomic E-state index is 11.8. The molecule has 1 aliphatic rings. The molecule has 27 heavy (non-hydrogen) atoms. The highest BCUT2D eigenvalue weighted by Crippen LogP contribution is 2.17. The number of aliphatic hydroxyl groups excluding tert-OH is 1. The molecule has 3 N–H and O–H groups in total. The lowest BCUT2D eigenvalue weighted by atomic mass is 10.1. The Balaban J connectivity index is 2.01. The summed E-state index contributed by atoms with van der Waals surface area (Å²) in [6.07, 6.45) is 1.62. The van der Waals surface area contributed by atoms with E-state index in [0.717, 1.165) is 44.6 Å². The third-order valence-electron chi connectivity index (χ3n) is 4.62. The summed E-state index contributed by atoms with van der Waals surface area (Å²) in [5, 5.41) is 16.1. The Morgan fingerprint density at radius 2 is 2.04 bits per heavy atom. The molecule has 0 aromatic heterocycles. The van der Waals surface area contributed by atoms with Crippen LogP contribution in [0.15, 0.2) is 29.3 Å². The van der Waals surface area contributed by atoms with Gasteiger partial charge in [-0.2, -0.15) is 0 Å². The first-order valence-electron chi connectivity index (χ1n) is 9.69. The maximum Gasteiger partial charge on any atom is 0.241 e. The molecule has 1 amide bonds. The highest BCUT2D eigenvalue weighted by molar-refractivity contribution is 5.86. The van der Waals surface area contributed by atoms with Crippen molar-refractivity contribution in [3.63, 3.8) is 0 Å². The zero-order valence-electron chi connectivity index (χ0n) is 16.7. The van der Waals surface area contributed by atoms with Crippen molar-refractivity contribution in [2.45, 2.75) is 39.0 Å². The Labute approximate surface area is 162 Å². The summed E-state index contributed by atoms with van der Waals surface area (Å²) >= 11 is 0. The number of nitrogens with zero attached hydrogens (tertiary/aromatic N) is 3. The van der Waals surface area contributed by atoms with Crippen LogP contribution in [0.5, 0.6) is 0 Å². The number of nitrogens with one attached hydrogen (secondary N) is 2. The highest BCUT2D eigenvalue weighted by atomic mass is 16.3. The smallest absolute Gasteiger partial charge is 0.241 e. The van der Waals surface area contributed by atoms with Gasteiger partial charge < -0.3 is 20.6 Å². The molecule has 150 valence electrons. The van der Waals surface area contributed by atoms with Gasteiger partial charge in [0.15, 0.2) is 5.96 Å². The summed E-state index contributed by atoms with van der Waals surface area (Å²) in [4.78, 5) is 20.3. The molecule has 0 spiro atoms. The van der Waals surface area contributed by atoms with Gasteiger partial charge in [0.25, 0.3) is 0 Å². The minimum atomic E-state index is -0.210. The van der Waals surface area contributed by atoms with Crippen LogP contribution in [-0.2, 0) is 17.9 Å². The van der Waals surface area contributed by atoms with Gasteiger partial charge in [-0.1, -0.05) is 31.2 Å². The highest BCUT2D eigenvalue weighted by Gasteiger charge is 2.20. The first kappa shape index (κ1) is 21.2. The topological polar surface area (TPSA) is 80.2 Å². The number of carbonyl (C=O) groups excluding carboxylic acids is 1. The van der Waals surface area contributed by atoms with Gasteiger partial charge in [-0.05, 0) is 24.0 Å². The molecule has 7 nitrogen and oxygen atoms in total. The Bertz CT molecular complexity index is 633. The van der Waals surface area contributed by atoms with E-state index in [1.54, 1.807) is 19.0 Å². The molecule has 0 saturated carbocycles. The molecule has 0 bridgehead atoms. The molecule has 1 aromatic carbocycles. The van der Waals surface area contributed by atoms with Crippen LogP contribution in [0.1, 0.15) is 30.9 Å². The second-order valence-electron chi connectivity index (χ2n) is 7.18. The molecule has 1 aromatic rings. The predicted molar refractivity (Wildman–Crippen MR) is 108 cm³/mol. The predicted octanol–water partition coefficient (Wildman–Crippen LogP) is 0.787. The summed E-state index contributed by atoms with van der Waals surface area (Å²) in [6.45, 7) is 6.14. The van der Waals surface area contributed by atoms with Crippen LogP contribution < -0.4 is 10.6 Å². The van der Waals surface area contributed by atoms with E-state index in [9.17, 15) is 9.90 Å². The molecule has 1 atom stereocenters. The SMILES string of the molecule is CCCNC(=NCc1ccccc1CN1CCC(O)C1)NCC(=O)N(C)C. The molecule has 2 rings (SSSR count). The van der Waals surface area contributed by atoms with E-state index in [2.05, 4.69) is 39.6 Å². The molecular formula is C20H33N5O2. The number of likely N-dealkylation sites (N-methyl/N-ethyl adjacent to an activating group) is 1. The molecule has 1 heterocycles. The van der Waals surface area contributed by atoms with Gasteiger partial charge in [-0.25, -0.2) is 4.99 Å². The third kappa shape index (κ3) is 7.19. The van der Waals surface area contributed by atoms with Crippen molar-refractivity contribution in [2.24, 2.45) is 4.99 Å². The van der Waals surface area contributed by atoms with Crippen molar-refractivity contribution in [1.29, 1.82) is 0 Å². The van der Waals surface area contributed by atoms with E-state index < -0.39 is 0 Å². The molecular weight excluding hydrogens is 342 g/mol. The minimum Gasteiger partial charge on any atom is -0.392 e. The van der Waals surface area contributed by atoms with Crippen LogP contribution in [0.25, 0.3) is 0 Å². The van der Waals surface area contributed by atoms with Gasteiger partial charge >= 0.3 is 0 Å². The van der Waals surface area contributed by atoms with Gasteiger partial charge in [0, 0.05) is 40.3 Å². The zero-order valence-corrected chi connectivity index (χ0v) is 16.7. The fourth-order valence-corrected chi connectivity index (χ4v) is 2.96. The lowest BCUT2D eigenvalue weighted by Gasteiger charge is -2.18. The molecule has 1 unspecified atom stereocenters. The normalized spacial score (nSPS) is 17.8. The first-order valence-corrected chi connectivity index (χ1v) is 9.69. The first-order chi connectivity index (χ1) is 13.0. The lowest BCUT2D eigenvalue weighted by molar-refractivity contribution is -0.127. The van der Waals surface area contributed by atoms with Crippen LogP contribution in [-0.4, -0.2) is 73.2 Å². The molecule has 1 saturated heterocycles. The standard InChI is InChI=1S/C20H33N5O2/c1-4-10-21-20(23-13-19(27)24(2)3)22-12-16-7-5-6-8-17(16)14-25-11-9-18(26)15-25/h5-8,18,26H,4,9-15H2,1-3H3,(H2,21,22,23). The summed E-state index contributed by atoms with van der Waals surface area (Å²) in [6, 6.07) is 8.28. The largest absolute Gasteiger partial charge is 0.392 e. The number of carbonyl (C=O) groups is 1. The Morgan fingerprint density at radius 3 is 2.67 bits per heavy atom. The lowest BCUT2D eigenvalue weighted by Crippen LogP contribution is -2.43.